The number of carbonyl (C=O) groups excluding carboxylic acids is 1. The Hall–Kier alpha value is -1.83. The number of aryl methyl sites for hydroxylation is 1. The molecule has 2 heteroatoms. The summed E-state index contributed by atoms with van der Waals surface area (Å²) in [6, 6.07) is 13.3. The van der Waals surface area contributed by atoms with Gasteiger partial charge in [-0.2, -0.15) is 0 Å². The summed E-state index contributed by atoms with van der Waals surface area (Å²) >= 11 is 0. The van der Waals surface area contributed by atoms with Crippen LogP contribution in [0.1, 0.15) is 29.4 Å². The molecule has 0 bridgehead atoms. The van der Waals surface area contributed by atoms with Gasteiger partial charge in [-0.05, 0) is 30.7 Å². The molecule has 1 aromatic carbocycles. The van der Waals surface area contributed by atoms with Crippen LogP contribution in [0, 0.1) is 0 Å². The van der Waals surface area contributed by atoms with Crippen LogP contribution in [0.25, 0.3) is 0 Å². The summed E-state index contributed by atoms with van der Waals surface area (Å²) in [4.78, 5) is 12.2. The quantitative estimate of drug-likeness (QED) is 0.767. The van der Waals surface area contributed by atoms with Crippen LogP contribution in [-0.4, -0.2) is 10.5 Å². The highest BCUT2D eigenvalue weighted by atomic mass is 16.2. The van der Waals surface area contributed by atoms with Gasteiger partial charge in [0.1, 0.15) is 0 Å². The largest absolute Gasteiger partial charge is 0.288 e. The van der Waals surface area contributed by atoms with Crippen molar-refractivity contribution in [3.63, 3.8) is 0 Å². The molecule has 1 heterocycles. The summed E-state index contributed by atoms with van der Waals surface area (Å²) in [6.07, 6.45) is 3.82. The first kappa shape index (κ1) is 10.7. The maximum Gasteiger partial charge on any atom is 0.262 e. The molecule has 0 aliphatic rings. The van der Waals surface area contributed by atoms with Gasteiger partial charge >= 0.3 is 0 Å². The SMILES string of the molecule is CCCc1cccn1C(=O)c1ccccc1. The minimum absolute atomic E-state index is 0.0500. The predicted octanol–water partition coefficient (Wildman–Crippen LogP) is 3.13. The Morgan fingerprint density at radius 2 is 1.88 bits per heavy atom. The Morgan fingerprint density at radius 3 is 2.56 bits per heavy atom. The van der Waals surface area contributed by atoms with Crippen LogP contribution >= 0.6 is 0 Å². The lowest BCUT2D eigenvalue weighted by molar-refractivity contribution is 0.0957. The molecule has 0 unspecified atom stereocenters. The topological polar surface area (TPSA) is 22.0 Å². The fourth-order valence-corrected chi connectivity index (χ4v) is 1.79. The number of hydrogen-bond acceptors (Lipinski definition) is 1. The smallest absolute Gasteiger partial charge is 0.262 e. The van der Waals surface area contributed by atoms with Gasteiger partial charge in [-0.3, -0.25) is 9.36 Å². The van der Waals surface area contributed by atoms with Crippen molar-refractivity contribution in [2.45, 2.75) is 19.8 Å². The first-order valence-corrected chi connectivity index (χ1v) is 5.59. The molecule has 0 N–H and O–H groups in total. The Labute approximate surface area is 95.5 Å². The zero-order chi connectivity index (χ0) is 11.4. The Morgan fingerprint density at radius 1 is 1.12 bits per heavy atom. The van der Waals surface area contributed by atoms with E-state index in [1.807, 2.05) is 48.7 Å². The van der Waals surface area contributed by atoms with Gasteiger partial charge in [0.25, 0.3) is 5.91 Å². The molecule has 1 aromatic heterocycles. The van der Waals surface area contributed by atoms with Crippen molar-refractivity contribution in [3.05, 3.63) is 59.9 Å². The fourth-order valence-electron chi connectivity index (χ4n) is 1.79. The van der Waals surface area contributed by atoms with E-state index in [-0.39, 0.29) is 5.91 Å². The number of carbonyl (C=O) groups is 1. The third kappa shape index (κ3) is 2.06. The summed E-state index contributed by atoms with van der Waals surface area (Å²) < 4.78 is 1.73. The number of benzene rings is 1. The van der Waals surface area contributed by atoms with Crippen LogP contribution in [0.2, 0.25) is 0 Å². The first-order chi connectivity index (χ1) is 7.83. The lowest BCUT2D eigenvalue weighted by atomic mass is 10.2. The third-order valence-electron chi connectivity index (χ3n) is 2.58. The van der Waals surface area contributed by atoms with Crippen LogP contribution in [0.5, 0.6) is 0 Å². The second-order valence-corrected chi connectivity index (χ2v) is 3.79. The lowest BCUT2D eigenvalue weighted by Crippen LogP contribution is -2.13. The molecule has 0 amide bonds. The molecule has 2 aromatic rings. The summed E-state index contributed by atoms with van der Waals surface area (Å²) in [6.45, 7) is 2.12. The van der Waals surface area contributed by atoms with E-state index in [9.17, 15) is 4.79 Å². The minimum Gasteiger partial charge on any atom is -0.288 e. The monoisotopic (exact) mass is 213 g/mol. The van der Waals surface area contributed by atoms with E-state index in [2.05, 4.69) is 6.92 Å². The number of rotatable bonds is 3. The van der Waals surface area contributed by atoms with Gasteiger partial charge in [-0.15, -0.1) is 0 Å². The van der Waals surface area contributed by atoms with E-state index in [0.717, 1.165) is 24.1 Å². The summed E-state index contributed by atoms with van der Waals surface area (Å²) in [5, 5.41) is 0. The average Bonchev–Trinajstić information content (AvgIpc) is 2.78. The predicted molar refractivity (Wildman–Crippen MR) is 64.6 cm³/mol. The molecule has 2 rings (SSSR count). The van der Waals surface area contributed by atoms with Crippen molar-refractivity contribution in [1.29, 1.82) is 0 Å². The van der Waals surface area contributed by atoms with E-state index in [4.69, 9.17) is 0 Å². The molecule has 0 aliphatic heterocycles. The van der Waals surface area contributed by atoms with E-state index >= 15 is 0 Å². The second kappa shape index (κ2) is 4.79. The van der Waals surface area contributed by atoms with Gasteiger partial charge in [0, 0.05) is 17.5 Å². The number of nitrogens with zero attached hydrogens (tertiary/aromatic N) is 1. The van der Waals surface area contributed by atoms with Crippen molar-refractivity contribution in [3.8, 4) is 0 Å². The highest BCUT2D eigenvalue weighted by Gasteiger charge is 2.10. The van der Waals surface area contributed by atoms with Crippen LogP contribution in [-0.2, 0) is 6.42 Å². The van der Waals surface area contributed by atoms with Gasteiger partial charge in [-0.1, -0.05) is 31.5 Å². The van der Waals surface area contributed by atoms with Crippen LogP contribution in [0.3, 0.4) is 0 Å². The summed E-state index contributed by atoms with van der Waals surface area (Å²) in [7, 11) is 0. The number of hydrogen-bond donors (Lipinski definition) is 0. The average molecular weight is 213 g/mol. The maximum atomic E-state index is 12.2. The Bertz CT molecular complexity index is 470. The molecule has 0 aliphatic carbocycles. The molecular formula is C14H15NO. The molecule has 0 saturated heterocycles. The van der Waals surface area contributed by atoms with Crippen molar-refractivity contribution in [1.82, 2.24) is 4.57 Å². The Balaban J connectivity index is 2.31. The summed E-state index contributed by atoms with van der Waals surface area (Å²) in [5.74, 6) is 0.0500. The third-order valence-corrected chi connectivity index (χ3v) is 2.58. The van der Waals surface area contributed by atoms with Crippen molar-refractivity contribution in [2.75, 3.05) is 0 Å². The normalized spacial score (nSPS) is 10.3. The van der Waals surface area contributed by atoms with Crippen LogP contribution < -0.4 is 0 Å². The maximum absolute atomic E-state index is 12.2. The van der Waals surface area contributed by atoms with Gasteiger partial charge in [0.05, 0.1) is 0 Å². The van der Waals surface area contributed by atoms with Crippen molar-refractivity contribution < 1.29 is 4.79 Å². The zero-order valence-corrected chi connectivity index (χ0v) is 9.39. The van der Waals surface area contributed by atoms with E-state index in [1.165, 1.54) is 0 Å². The molecule has 82 valence electrons. The highest BCUT2D eigenvalue weighted by molar-refractivity contribution is 5.96. The standard InChI is InChI=1S/C14H15NO/c1-2-7-13-10-6-11-15(13)14(16)12-8-4-3-5-9-12/h3-6,8-11H,2,7H2,1H3. The van der Waals surface area contributed by atoms with Gasteiger partial charge in [0.15, 0.2) is 0 Å². The molecule has 2 nitrogen and oxygen atoms in total. The van der Waals surface area contributed by atoms with Crippen molar-refractivity contribution >= 4 is 5.91 Å². The van der Waals surface area contributed by atoms with Crippen LogP contribution in [0.4, 0.5) is 0 Å². The molecular weight excluding hydrogens is 198 g/mol. The van der Waals surface area contributed by atoms with Gasteiger partial charge < -0.3 is 0 Å². The van der Waals surface area contributed by atoms with E-state index in [0.29, 0.717) is 0 Å². The minimum atomic E-state index is 0.0500. The van der Waals surface area contributed by atoms with E-state index in [1.54, 1.807) is 4.57 Å². The number of aromatic nitrogens is 1. The Kier molecular flexibility index (Phi) is 3.20. The van der Waals surface area contributed by atoms with Crippen molar-refractivity contribution in [2.24, 2.45) is 0 Å². The fraction of sp³-hybridized carbons (Fsp3) is 0.214. The molecule has 0 radical (unpaired) electrons. The molecule has 16 heavy (non-hydrogen) atoms. The summed E-state index contributed by atoms with van der Waals surface area (Å²) in [5.41, 5.74) is 1.81. The van der Waals surface area contributed by atoms with Crippen LogP contribution in [0.15, 0.2) is 48.7 Å². The molecule has 0 saturated carbocycles. The van der Waals surface area contributed by atoms with Gasteiger partial charge in [0.2, 0.25) is 0 Å². The van der Waals surface area contributed by atoms with Gasteiger partial charge in [-0.25, -0.2) is 0 Å². The zero-order valence-electron chi connectivity index (χ0n) is 9.39. The molecule has 0 fully saturated rings. The second-order valence-electron chi connectivity index (χ2n) is 3.79. The van der Waals surface area contributed by atoms with E-state index < -0.39 is 0 Å². The molecule has 0 atom stereocenters. The highest BCUT2D eigenvalue weighted by Crippen LogP contribution is 2.09. The lowest BCUT2D eigenvalue weighted by Gasteiger charge is -2.06. The molecule has 0 spiro atoms. The first-order valence-electron chi connectivity index (χ1n) is 5.59.